The smallest absolute Gasteiger partial charge is 0.377 e. The van der Waals surface area contributed by atoms with Crippen molar-refractivity contribution in [2.24, 2.45) is 0 Å². The molecule has 0 aliphatic carbocycles. The SMILES string of the molecule is C1COCCOCCOCCOCCOCCO1.O=[N+]([O-])[O-].O=[N+]([O-])[O-].O=[N+]([O-])[O-].[Nd+3]. The van der Waals surface area contributed by atoms with Gasteiger partial charge in [0.05, 0.1) is 94.5 Å². The molecule has 0 bridgehead atoms. The molecular weight excluding hydrogens is 570 g/mol. The molecule has 18 nitrogen and oxygen atoms in total. The van der Waals surface area contributed by atoms with E-state index in [1.54, 1.807) is 0 Å². The minimum Gasteiger partial charge on any atom is -0.377 e. The van der Waals surface area contributed by atoms with Crippen molar-refractivity contribution in [3.8, 4) is 0 Å². The van der Waals surface area contributed by atoms with Crippen LogP contribution in [0.5, 0.6) is 0 Å². The Morgan fingerprint density at radius 3 is 0.484 bits per heavy atom. The zero-order chi connectivity index (χ0) is 23.5. The first-order chi connectivity index (χ1) is 14.2. The second kappa shape index (κ2) is 33.4. The van der Waals surface area contributed by atoms with Gasteiger partial charge in [-0.2, -0.15) is 0 Å². The Hall–Kier alpha value is -1.29. The predicted octanol–water partition coefficient (Wildman–Crippen LogP) is -0.618. The van der Waals surface area contributed by atoms with Crippen LogP contribution in [0.4, 0.5) is 0 Å². The van der Waals surface area contributed by atoms with Gasteiger partial charge in [0.25, 0.3) is 0 Å². The molecule has 1 rings (SSSR count). The molecule has 1 saturated heterocycles. The maximum Gasteiger partial charge on any atom is 3.00 e. The molecular formula is C12H24N3NdO15. The Balaban J connectivity index is -0.000000232. The molecule has 1 radical (unpaired) electrons. The molecule has 0 aromatic heterocycles. The Kier molecular flexibility index (Phi) is 39.9. The van der Waals surface area contributed by atoms with Crippen LogP contribution in [0.2, 0.25) is 0 Å². The van der Waals surface area contributed by atoms with Crippen LogP contribution < -0.4 is 0 Å². The molecule has 181 valence electrons. The van der Waals surface area contributed by atoms with E-state index < -0.39 is 15.3 Å². The Bertz CT molecular complexity index is 292. The van der Waals surface area contributed by atoms with Gasteiger partial charge in [-0.05, 0) is 0 Å². The third-order valence-corrected chi connectivity index (χ3v) is 2.23. The second-order valence-corrected chi connectivity index (χ2v) is 4.35. The molecule has 1 aliphatic heterocycles. The summed E-state index contributed by atoms with van der Waals surface area (Å²) in [4.78, 5) is 24.8. The monoisotopic (exact) mass is 592 g/mol. The van der Waals surface area contributed by atoms with Crippen LogP contribution in [0, 0.1) is 86.8 Å². The summed E-state index contributed by atoms with van der Waals surface area (Å²) in [6.45, 7) is 7.04. The fourth-order valence-electron chi connectivity index (χ4n) is 1.32. The summed E-state index contributed by atoms with van der Waals surface area (Å²) in [6, 6.07) is 0. The van der Waals surface area contributed by atoms with Gasteiger partial charge in [0, 0.05) is 0 Å². The summed E-state index contributed by atoms with van der Waals surface area (Å²) >= 11 is 0. The third-order valence-electron chi connectivity index (χ3n) is 2.23. The van der Waals surface area contributed by atoms with Gasteiger partial charge < -0.3 is 74.4 Å². The van der Waals surface area contributed by atoms with E-state index in [1.807, 2.05) is 0 Å². The second-order valence-electron chi connectivity index (χ2n) is 4.35. The molecule has 0 spiro atoms. The molecule has 1 fully saturated rings. The molecule has 19 heteroatoms. The number of rotatable bonds is 0. The Labute approximate surface area is 209 Å². The molecule has 0 N–H and O–H groups in total. The first-order valence-electron chi connectivity index (χ1n) is 8.11. The van der Waals surface area contributed by atoms with Gasteiger partial charge >= 0.3 is 40.8 Å². The largest absolute Gasteiger partial charge is 3.00 e. The predicted molar refractivity (Wildman–Crippen MR) is 96.0 cm³/mol. The van der Waals surface area contributed by atoms with Crippen LogP contribution in [0.1, 0.15) is 0 Å². The van der Waals surface area contributed by atoms with Crippen molar-refractivity contribution in [1.82, 2.24) is 0 Å². The van der Waals surface area contributed by atoms with Crippen molar-refractivity contribution in [2.75, 3.05) is 79.3 Å². The van der Waals surface area contributed by atoms with Crippen LogP contribution in [0.3, 0.4) is 0 Å². The molecule has 0 aromatic carbocycles. The first kappa shape index (κ1) is 37.0. The topological polar surface area (TPSA) is 254 Å². The number of ether oxygens (including phenoxy) is 6. The van der Waals surface area contributed by atoms with Crippen LogP contribution in [-0.2, 0) is 28.4 Å². The van der Waals surface area contributed by atoms with Gasteiger partial charge in [-0.25, -0.2) is 0 Å². The zero-order valence-corrected chi connectivity index (χ0v) is 19.7. The van der Waals surface area contributed by atoms with Crippen molar-refractivity contribution in [1.29, 1.82) is 0 Å². The van der Waals surface area contributed by atoms with Crippen molar-refractivity contribution in [3.63, 3.8) is 0 Å². The average molecular weight is 595 g/mol. The van der Waals surface area contributed by atoms with Gasteiger partial charge in [-0.1, -0.05) is 0 Å². The van der Waals surface area contributed by atoms with Gasteiger partial charge in [0.2, 0.25) is 0 Å². The number of hydrogen-bond donors (Lipinski definition) is 0. The first-order valence-corrected chi connectivity index (χ1v) is 8.11. The van der Waals surface area contributed by atoms with E-state index in [0.29, 0.717) is 79.3 Å². The van der Waals surface area contributed by atoms with E-state index >= 15 is 0 Å². The maximum absolute atomic E-state index is 8.25. The van der Waals surface area contributed by atoms with Gasteiger partial charge in [-0.3, -0.25) is 0 Å². The molecule has 31 heavy (non-hydrogen) atoms. The van der Waals surface area contributed by atoms with Crippen molar-refractivity contribution in [2.45, 2.75) is 0 Å². The summed E-state index contributed by atoms with van der Waals surface area (Å²) in [5, 5.41) is 44.2. The van der Waals surface area contributed by atoms with E-state index in [0.717, 1.165) is 0 Å². The van der Waals surface area contributed by atoms with E-state index in [2.05, 4.69) is 0 Å². The normalized spacial score (nSPS) is 16.3. The summed E-state index contributed by atoms with van der Waals surface area (Å²) < 4.78 is 32.0. The zero-order valence-electron chi connectivity index (χ0n) is 16.5. The molecule has 0 unspecified atom stereocenters. The molecule has 0 saturated carbocycles. The average Bonchev–Trinajstić information content (AvgIpc) is 2.60. The third kappa shape index (κ3) is 73.4. The van der Waals surface area contributed by atoms with E-state index in [-0.39, 0.29) is 40.8 Å². The number of hydrogen-bond acceptors (Lipinski definition) is 15. The van der Waals surface area contributed by atoms with Gasteiger partial charge in [0.15, 0.2) is 0 Å². The standard InChI is InChI=1S/C12H24O6.3NO3.Nd/c1-2-14-5-6-16-9-10-18-12-11-17-8-7-15-4-3-13-1;3*2-1(3)4;/h1-12H2;;;;/q;3*-1;+3. The van der Waals surface area contributed by atoms with Gasteiger partial charge in [0.1, 0.15) is 0 Å². The minimum atomic E-state index is -1.75. The van der Waals surface area contributed by atoms with E-state index in [4.69, 9.17) is 74.4 Å². The van der Waals surface area contributed by atoms with Crippen molar-refractivity contribution in [3.05, 3.63) is 46.0 Å². The van der Waals surface area contributed by atoms with Crippen LogP contribution in [-0.4, -0.2) is 94.5 Å². The van der Waals surface area contributed by atoms with Crippen LogP contribution >= 0.6 is 0 Å². The fourth-order valence-corrected chi connectivity index (χ4v) is 1.32. The number of nitrogens with zero attached hydrogens (tertiary/aromatic N) is 3. The molecule has 1 heterocycles. The van der Waals surface area contributed by atoms with Crippen LogP contribution in [0.25, 0.3) is 0 Å². The summed E-state index contributed by atoms with van der Waals surface area (Å²) in [6.07, 6.45) is 0. The van der Waals surface area contributed by atoms with Crippen molar-refractivity contribution < 1.29 is 84.5 Å². The minimum absolute atomic E-state index is 0. The van der Waals surface area contributed by atoms with Gasteiger partial charge in [-0.15, -0.1) is 0 Å². The quantitative estimate of drug-likeness (QED) is 0.250. The summed E-state index contributed by atoms with van der Waals surface area (Å²) in [5.41, 5.74) is 0. The summed E-state index contributed by atoms with van der Waals surface area (Å²) in [7, 11) is 0. The Morgan fingerprint density at radius 1 is 0.355 bits per heavy atom. The molecule has 0 atom stereocenters. The fraction of sp³-hybridized carbons (Fsp3) is 1.00. The van der Waals surface area contributed by atoms with Crippen LogP contribution in [0.15, 0.2) is 0 Å². The van der Waals surface area contributed by atoms with E-state index in [9.17, 15) is 0 Å². The molecule has 0 amide bonds. The molecule has 1 aliphatic rings. The summed E-state index contributed by atoms with van der Waals surface area (Å²) in [5.74, 6) is 0. The molecule has 0 aromatic rings. The van der Waals surface area contributed by atoms with E-state index in [1.165, 1.54) is 0 Å². The van der Waals surface area contributed by atoms with Crippen molar-refractivity contribution >= 4 is 0 Å². The Morgan fingerprint density at radius 2 is 0.419 bits per heavy atom. The maximum atomic E-state index is 8.25.